The van der Waals surface area contributed by atoms with Crippen LogP contribution in [0.2, 0.25) is 0 Å². The van der Waals surface area contributed by atoms with Crippen molar-refractivity contribution < 1.29 is 4.74 Å². The van der Waals surface area contributed by atoms with E-state index in [-0.39, 0.29) is 17.1 Å². The Kier molecular flexibility index (Phi) is 3.41. The molecule has 0 saturated carbocycles. The third-order valence-corrected chi connectivity index (χ3v) is 2.10. The normalized spacial score (nSPS) is 11.9. The molecule has 1 rings (SSSR count). The first-order valence-corrected chi connectivity index (χ1v) is 5.48. The molecule has 0 radical (unpaired) electrons. The summed E-state index contributed by atoms with van der Waals surface area (Å²) in [6.07, 6.45) is 0. The number of hydrogen-bond donors (Lipinski definition) is 0. The van der Waals surface area contributed by atoms with Gasteiger partial charge in [-0.15, -0.1) is 5.10 Å². The van der Waals surface area contributed by atoms with E-state index in [0.717, 1.165) is 5.56 Å². The van der Waals surface area contributed by atoms with Gasteiger partial charge >= 0.3 is 0 Å². The molecule has 1 heterocycles. The smallest absolute Gasteiger partial charge is 0.270 e. The lowest BCUT2D eigenvalue weighted by Crippen LogP contribution is -2.28. The second kappa shape index (κ2) is 4.28. The van der Waals surface area contributed by atoms with Crippen LogP contribution in [0.25, 0.3) is 0 Å². The Morgan fingerprint density at radius 3 is 2.38 bits per heavy atom. The van der Waals surface area contributed by atoms with E-state index in [1.54, 1.807) is 13.1 Å². The summed E-state index contributed by atoms with van der Waals surface area (Å²) in [6.45, 7) is 9.83. The Morgan fingerprint density at radius 1 is 1.38 bits per heavy atom. The fourth-order valence-corrected chi connectivity index (χ4v) is 1.38. The lowest BCUT2D eigenvalue weighted by atomic mass is 10.1. The van der Waals surface area contributed by atoms with Crippen molar-refractivity contribution in [1.82, 2.24) is 9.78 Å². The Labute approximate surface area is 96.2 Å². The summed E-state index contributed by atoms with van der Waals surface area (Å²) < 4.78 is 6.99. The summed E-state index contributed by atoms with van der Waals surface area (Å²) in [5, 5.41) is 4.08. The van der Waals surface area contributed by atoms with E-state index in [1.165, 1.54) is 4.68 Å². The number of aryl methyl sites for hydroxylation is 1. The van der Waals surface area contributed by atoms with Crippen LogP contribution < -0.4 is 10.3 Å². The van der Waals surface area contributed by atoms with Crippen LogP contribution in [0.1, 0.15) is 46.1 Å². The maximum atomic E-state index is 11.8. The van der Waals surface area contributed by atoms with Gasteiger partial charge in [0, 0.05) is 18.7 Å². The molecule has 0 atom stereocenters. The van der Waals surface area contributed by atoms with Gasteiger partial charge in [0.1, 0.15) is 5.60 Å². The van der Waals surface area contributed by atoms with Gasteiger partial charge in [-0.25, -0.2) is 4.68 Å². The Morgan fingerprint density at radius 2 is 1.94 bits per heavy atom. The first-order valence-electron chi connectivity index (χ1n) is 5.48. The van der Waals surface area contributed by atoms with Crippen molar-refractivity contribution in [3.8, 4) is 5.88 Å². The van der Waals surface area contributed by atoms with E-state index in [0.29, 0.717) is 5.88 Å². The van der Waals surface area contributed by atoms with Crippen LogP contribution in [0.5, 0.6) is 5.88 Å². The summed E-state index contributed by atoms with van der Waals surface area (Å²) in [6, 6.07) is 1.73. The fourth-order valence-electron chi connectivity index (χ4n) is 1.38. The molecule has 0 aliphatic heterocycles. The molecular weight excluding hydrogens is 204 g/mol. The second-order valence-corrected chi connectivity index (χ2v) is 5.24. The molecule has 0 amide bonds. The van der Waals surface area contributed by atoms with E-state index in [4.69, 9.17) is 4.74 Å². The van der Waals surface area contributed by atoms with E-state index in [1.807, 2.05) is 34.6 Å². The average molecular weight is 224 g/mol. The molecule has 16 heavy (non-hydrogen) atoms. The van der Waals surface area contributed by atoms with Gasteiger partial charge in [-0.05, 0) is 26.7 Å². The van der Waals surface area contributed by atoms with Crippen molar-refractivity contribution >= 4 is 0 Å². The predicted molar refractivity (Wildman–Crippen MR) is 63.9 cm³/mol. The summed E-state index contributed by atoms with van der Waals surface area (Å²) in [7, 11) is 1.64. The van der Waals surface area contributed by atoms with E-state index < -0.39 is 0 Å². The summed E-state index contributed by atoms with van der Waals surface area (Å²) >= 11 is 0. The SMILES string of the molecule is CC(C)c1cc(OC(C)(C)C)nn(C)c1=O. The highest BCUT2D eigenvalue weighted by atomic mass is 16.5. The van der Waals surface area contributed by atoms with E-state index >= 15 is 0 Å². The number of rotatable bonds is 2. The Bertz CT molecular complexity index is 428. The molecule has 0 aromatic carbocycles. The standard InChI is InChI=1S/C12H20N2O2/c1-8(2)9-7-10(16-12(3,4)5)13-14(6)11(9)15/h7-8H,1-6H3. The second-order valence-electron chi connectivity index (χ2n) is 5.24. The van der Waals surface area contributed by atoms with Gasteiger partial charge < -0.3 is 4.74 Å². The molecule has 0 fully saturated rings. The highest BCUT2D eigenvalue weighted by molar-refractivity contribution is 5.21. The van der Waals surface area contributed by atoms with Crippen LogP contribution in [-0.2, 0) is 7.05 Å². The first-order chi connectivity index (χ1) is 7.20. The van der Waals surface area contributed by atoms with Crippen LogP contribution in [0.15, 0.2) is 10.9 Å². The molecule has 0 N–H and O–H groups in total. The average Bonchev–Trinajstić information content (AvgIpc) is 2.07. The molecule has 4 heteroatoms. The highest BCUT2D eigenvalue weighted by Gasteiger charge is 2.16. The fraction of sp³-hybridized carbons (Fsp3) is 0.667. The largest absolute Gasteiger partial charge is 0.471 e. The monoisotopic (exact) mass is 224 g/mol. The zero-order chi connectivity index (χ0) is 12.5. The van der Waals surface area contributed by atoms with Crippen LogP contribution in [0.3, 0.4) is 0 Å². The molecule has 1 aromatic rings. The molecule has 0 spiro atoms. The molecule has 90 valence electrons. The third kappa shape index (κ3) is 3.08. The van der Waals surface area contributed by atoms with Gasteiger partial charge in [0.15, 0.2) is 0 Å². The molecular formula is C12H20N2O2. The summed E-state index contributed by atoms with van der Waals surface area (Å²) in [5.41, 5.74) is 0.367. The molecule has 0 aliphatic carbocycles. The van der Waals surface area contributed by atoms with Gasteiger partial charge in [-0.3, -0.25) is 4.79 Å². The molecule has 1 aromatic heterocycles. The van der Waals surface area contributed by atoms with Crippen LogP contribution in [0.4, 0.5) is 0 Å². The minimum Gasteiger partial charge on any atom is -0.471 e. The van der Waals surface area contributed by atoms with Gasteiger partial charge in [0.05, 0.1) is 0 Å². The zero-order valence-corrected chi connectivity index (χ0v) is 10.9. The maximum absolute atomic E-state index is 11.8. The van der Waals surface area contributed by atoms with Gasteiger partial charge in [-0.1, -0.05) is 13.8 Å². The number of aromatic nitrogens is 2. The van der Waals surface area contributed by atoms with Crippen molar-refractivity contribution in [3.05, 3.63) is 22.0 Å². The first kappa shape index (κ1) is 12.7. The van der Waals surface area contributed by atoms with Crippen LogP contribution in [-0.4, -0.2) is 15.4 Å². The van der Waals surface area contributed by atoms with Crippen LogP contribution >= 0.6 is 0 Å². The van der Waals surface area contributed by atoms with Crippen molar-refractivity contribution in [3.63, 3.8) is 0 Å². The van der Waals surface area contributed by atoms with Gasteiger partial charge in [0.25, 0.3) is 5.56 Å². The van der Waals surface area contributed by atoms with E-state index in [9.17, 15) is 4.79 Å². The van der Waals surface area contributed by atoms with Gasteiger partial charge in [0.2, 0.25) is 5.88 Å². The van der Waals surface area contributed by atoms with Crippen molar-refractivity contribution in [2.45, 2.75) is 46.1 Å². The number of hydrogen-bond acceptors (Lipinski definition) is 3. The van der Waals surface area contributed by atoms with Crippen molar-refractivity contribution in [2.24, 2.45) is 7.05 Å². The molecule has 0 bridgehead atoms. The number of ether oxygens (including phenoxy) is 1. The topological polar surface area (TPSA) is 44.1 Å². The third-order valence-electron chi connectivity index (χ3n) is 2.10. The van der Waals surface area contributed by atoms with Crippen molar-refractivity contribution in [2.75, 3.05) is 0 Å². The number of nitrogens with zero attached hydrogens (tertiary/aromatic N) is 2. The summed E-state index contributed by atoms with van der Waals surface area (Å²) in [4.78, 5) is 11.8. The van der Waals surface area contributed by atoms with E-state index in [2.05, 4.69) is 5.10 Å². The zero-order valence-electron chi connectivity index (χ0n) is 10.9. The summed E-state index contributed by atoms with van der Waals surface area (Å²) in [5.74, 6) is 0.669. The van der Waals surface area contributed by atoms with Crippen molar-refractivity contribution in [1.29, 1.82) is 0 Å². The quantitative estimate of drug-likeness (QED) is 0.772. The Balaban J connectivity index is 3.20. The minimum atomic E-state index is -0.307. The highest BCUT2D eigenvalue weighted by Crippen LogP contribution is 2.18. The lowest BCUT2D eigenvalue weighted by molar-refractivity contribution is 0.120. The lowest BCUT2D eigenvalue weighted by Gasteiger charge is -2.21. The minimum absolute atomic E-state index is 0.0590. The predicted octanol–water partition coefficient (Wildman–Crippen LogP) is 2.08. The van der Waals surface area contributed by atoms with Gasteiger partial charge in [-0.2, -0.15) is 0 Å². The molecule has 4 nitrogen and oxygen atoms in total. The molecule has 0 saturated heterocycles. The molecule has 0 unspecified atom stereocenters. The Hall–Kier alpha value is -1.32. The molecule has 0 aliphatic rings. The maximum Gasteiger partial charge on any atom is 0.270 e. The van der Waals surface area contributed by atoms with Crippen LogP contribution in [0, 0.1) is 0 Å².